The lowest BCUT2D eigenvalue weighted by Gasteiger charge is -2.02. The number of hydrogen-bond donors (Lipinski definition) is 0. The van der Waals surface area contributed by atoms with Gasteiger partial charge in [-0.25, -0.2) is 14.3 Å². The van der Waals surface area contributed by atoms with E-state index in [1.54, 1.807) is 6.20 Å². The predicted octanol–water partition coefficient (Wildman–Crippen LogP) is 0.978. The average Bonchev–Trinajstić information content (AvgIpc) is 2.78. The van der Waals surface area contributed by atoms with Gasteiger partial charge in [0, 0.05) is 6.20 Å². The number of aromatic nitrogens is 3. The van der Waals surface area contributed by atoms with Crippen LogP contribution in [0.1, 0.15) is 34.8 Å². The Hall–Kier alpha value is -2.18. The number of esters is 2. The first kappa shape index (κ1) is 13.9. The molecule has 1 aromatic rings. The van der Waals surface area contributed by atoms with Crippen molar-refractivity contribution < 1.29 is 19.1 Å². The van der Waals surface area contributed by atoms with Gasteiger partial charge in [0.1, 0.15) is 0 Å². The summed E-state index contributed by atoms with van der Waals surface area (Å²) >= 11 is 0. The van der Waals surface area contributed by atoms with Crippen LogP contribution in [0.4, 0.5) is 0 Å². The highest BCUT2D eigenvalue weighted by Gasteiger charge is 2.26. The molecule has 0 unspecified atom stereocenters. The molecule has 0 radical (unpaired) electrons. The van der Waals surface area contributed by atoms with E-state index in [0.717, 1.165) is 0 Å². The van der Waals surface area contributed by atoms with Crippen LogP contribution in [0.2, 0.25) is 0 Å². The Kier molecular flexibility index (Phi) is 4.59. The molecule has 0 aromatic carbocycles. The summed E-state index contributed by atoms with van der Waals surface area (Å²) < 4.78 is 10.3. The third kappa shape index (κ3) is 2.93. The molecule has 1 heterocycles. The van der Waals surface area contributed by atoms with E-state index in [2.05, 4.69) is 19.8 Å². The number of methoxy groups -OCH3 is 2. The Balaban J connectivity index is 3.23. The molecule has 0 N–H and O–H groups in total. The van der Waals surface area contributed by atoms with E-state index in [4.69, 9.17) is 0 Å². The van der Waals surface area contributed by atoms with Crippen molar-refractivity contribution in [3.8, 4) is 0 Å². The molecule has 0 aliphatic heterocycles. The first-order valence-corrected chi connectivity index (χ1v) is 5.31. The van der Waals surface area contributed by atoms with Crippen LogP contribution >= 0.6 is 0 Å². The van der Waals surface area contributed by atoms with Crippen LogP contribution < -0.4 is 0 Å². The molecule has 7 nitrogen and oxygen atoms in total. The second-order valence-electron chi connectivity index (χ2n) is 3.80. The average molecular weight is 253 g/mol. The van der Waals surface area contributed by atoms with Crippen molar-refractivity contribution >= 4 is 18.1 Å². The normalized spacial score (nSPS) is 10.9. The lowest BCUT2D eigenvalue weighted by atomic mass is 10.2. The summed E-state index contributed by atoms with van der Waals surface area (Å²) in [5.74, 6) is -1.17. The Labute approximate surface area is 104 Å². The van der Waals surface area contributed by atoms with Crippen LogP contribution in [0, 0.1) is 5.92 Å². The fraction of sp³-hybridized carbons (Fsp3) is 0.455. The molecule has 0 fully saturated rings. The van der Waals surface area contributed by atoms with Gasteiger partial charge in [-0.3, -0.25) is 0 Å². The fourth-order valence-corrected chi connectivity index (χ4v) is 1.17. The molecule has 0 bridgehead atoms. The molecular weight excluding hydrogens is 238 g/mol. The van der Waals surface area contributed by atoms with E-state index < -0.39 is 11.9 Å². The first-order chi connectivity index (χ1) is 8.51. The molecule has 1 aromatic heterocycles. The summed E-state index contributed by atoms with van der Waals surface area (Å²) in [6.45, 7) is 3.93. The smallest absolute Gasteiger partial charge is 0.361 e. The molecule has 98 valence electrons. The van der Waals surface area contributed by atoms with Crippen LogP contribution in [-0.4, -0.2) is 41.2 Å². The maximum atomic E-state index is 11.6. The molecule has 0 amide bonds. The Morgan fingerprint density at radius 2 is 1.83 bits per heavy atom. The molecule has 0 spiro atoms. The van der Waals surface area contributed by atoms with E-state index in [0.29, 0.717) is 0 Å². The first-order valence-electron chi connectivity index (χ1n) is 5.31. The molecular formula is C11H15N3O4. The highest BCUT2D eigenvalue weighted by atomic mass is 16.5. The second kappa shape index (κ2) is 5.95. The molecule has 0 aliphatic carbocycles. The van der Waals surface area contributed by atoms with Crippen molar-refractivity contribution in [2.75, 3.05) is 14.2 Å². The van der Waals surface area contributed by atoms with E-state index in [9.17, 15) is 9.59 Å². The van der Waals surface area contributed by atoms with Crippen LogP contribution in [-0.2, 0) is 9.47 Å². The third-order valence-corrected chi connectivity index (χ3v) is 2.06. The number of nitrogens with zero attached hydrogens (tertiary/aromatic N) is 3. The van der Waals surface area contributed by atoms with E-state index in [1.807, 2.05) is 19.9 Å². The number of carbonyl (C=O) groups excluding carboxylic acids is 2. The molecule has 1 rings (SSSR count). The van der Waals surface area contributed by atoms with Crippen molar-refractivity contribution in [1.29, 1.82) is 0 Å². The van der Waals surface area contributed by atoms with Gasteiger partial charge in [-0.15, -0.1) is 5.10 Å². The van der Waals surface area contributed by atoms with E-state index >= 15 is 0 Å². The van der Waals surface area contributed by atoms with Gasteiger partial charge < -0.3 is 9.47 Å². The number of allylic oxidation sites excluding steroid dienone is 1. The molecule has 0 atom stereocenters. The predicted molar refractivity (Wildman–Crippen MR) is 62.9 cm³/mol. The van der Waals surface area contributed by atoms with Crippen LogP contribution in [0.25, 0.3) is 6.20 Å². The summed E-state index contributed by atoms with van der Waals surface area (Å²) in [6.07, 6.45) is 3.36. The van der Waals surface area contributed by atoms with E-state index in [1.165, 1.54) is 18.9 Å². The number of rotatable bonds is 4. The Morgan fingerprint density at radius 1 is 1.22 bits per heavy atom. The van der Waals surface area contributed by atoms with Crippen molar-refractivity contribution in [2.24, 2.45) is 5.92 Å². The molecule has 18 heavy (non-hydrogen) atoms. The minimum Gasteiger partial charge on any atom is -0.464 e. The van der Waals surface area contributed by atoms with Gasteiger partial charge in [0.2, 0.25) is 5.69 Å². The summed E-state index contributed by atoms with van der Waals surface area (Å²) in [7, 11) is 2.42. The molecule has 7 heteroatoms. The van der Waals surface area contributed by atoms with Gasteiger partial charge in [0.05, 0.1) is 14.2 Å². The maximum absolute atomic E-state index is 11.6. The standard InChI is InChI=1S/C11H15N3O4/c1-7(2)5-6-14-9(11(16)18-4)8(12-13-14)10(15)17-3/h5-7H,1-4H3/b6-5+. The number of hydrogen-bond acceptors (Lipinski definition) is 6. The lowest BCUT2D eigenvalue weighted by molar-refractivity contribution is 0.0546. The zero-order valence-electron chi connectivity index (χ0n) is 10.7. The zero-order chi connectivity index (χ0) is 13.7. The summed E-state index contributed by atoms with van der Waals surface area (Å²) in [5, 5.41) is 7.32. The molecule has 0 saturated heterocycles. The largest absolute Gasteiger partial charge is 0.464 e. The van der Waals surface area contributed by atoms with Crippen molar-refractivity contribution in [1.82, 2.24) is 15.0 Å². The summed E-state index contributed by atoms with van der Waals surface area (Å²) in [6, 6.07) is 0. The number of carbonyl (C=O) groups is 2. The van der Waals surface area contributed by atoms with Gasteiger partial charge in [-0.05, 0) is 5.92 Å². The quantitative estimate of drug-likeness (QED) is 0.744. The van der Waals surface area contributed by atoms with Crippen molar-refractivity contribution in [3.63, 3.8) is 0 Å². The van der Waals surface area contributed by atoms with Crippen molar-refractivity contribution in [2.45, 2.75) is 13.8 Å². The van der Waals surface area contributed by atoms with E-state index in [-0.39, 0.29) is 17.3 Å². The van der Waals surface area contributed by atoms with Gasteiger partial charge in [0.15, 0.2) is 5.69 Å². The Morgan fingerprint density at radius 3 is 2.33 bits per heavy atom. The van der Waals surface area contributed by atoms with Gasteiger partial charge >= 0.3 is 11.9 Å². The fourth-order valence-electron chi connectivity index (χ4n) is 1.17. The van der Waals surface area contributed by atoms with Gasteiger partial charge in [0.25, 0.3) is 0 Å². The van der Waals surface area contributed by atoms with Crippen LogP contribution in [0.5, 0.6) is 0 Å². The van der Waals surface area contributed by atoms with Gasteiger partial charge in [-0.2, -0.15) is 0 Å². The second-order valence-corrected chi connectivity index (χ2v) is 3.80. The number of ether oxygens (including phenoxy) is 2. The topological polar surface area (TPSA) is 83.3 Å². The highest BCUT2D eigenvalue weighted by molar-refractivity contribution is 6.00. The highest BCUT2D eigenvalue weighted by Crippen LogP contribution is 2.10. The SMILES string of the molecule is COC(=O)c1nnn(/C=C/C(C)C)c1C(=O)OC. The van der Waals surface area contributed by atoms with Crippen LogP contribution in [0.15, 0.2) is 6.08 Å². The zero-order valence-corrected chi connectivity index (χ0v) is 10.7. The Bertz CT molecular complexity index is 477. The summed E-state index contributed by atoms with van der Waals surface area (Å²) in [4.78, 5) is 23.1. The van der Waals surface area contributed by atoms with Crippen molar-refractivity contribution in [3.05, 3.63) is 17.5 Å². The lowest BCUT2D eigenvalue weighted by Crippen LogP contribution is -2.14. The molecule has 0 aliphatic rings. The maximum Gasteiger partial charge on any atom is 0.361 e. The third-order valence-electron chi connectivity index (χ3n) is 2.06. The minimum absolute atomic E-state index is 0.0544. The minimum atomic E-state index is -0.736. The van der Waals surface area contributed by atoms with Crippen LogP contribution in [0.3, 0.4) is 0 Å². The summed E-state index contributed by atoms with van der Waals surface area (Å²) in [5.41, 5.74) is -0.223. The monoisotopic (exact) mass is 253 g/mol. The van der Waals surface area contributed by atoms with Gasteiger partial charge in [-0.1, -0.05) is 25.1 Å². The molecule has 0 saturated carbocycles.